The number of nitrogens with one attached hydrogen (secondary N) is 3. The third kappa shape index (κ3) is 4.53. The molecule has 5 heterocycles. The first-order chi connectivity index (χ1) is 17.9. The number of carbonyl (C=O) groups excluding carboxylic acids is 4. The number of thiazole rings is 1. The molecular formula is C21H22N8O6S2. The fourth-order valence-electron chi connectivity index (χ4n) is 4.44. The molecule has 1 fully saturated rings. The van der Waals surface area contributed by atoms with E-state index in [0.29, 0.717) is 17.7 Å². The molecule has 0 aromatic carbocycles. The number of aromatic nitrogens is 3. The average Bonchev–Trinajstić information content (AvgIpc) is 3.52. The van der Waals surface area contributed by atoms with E-state index >= 15 is 0 Å². The SMILES string of the molecule is CON=C(C(=O)N[C@@H]1C(=O)N2C(C(=O)[O-])=C(C[n+]3ccc4n3CCCN4)CS[C@H]12)c1csc(NC=O)n1. The Balaban J connectivity index is 1.33. The van der Waals surface area contributed by atoms with Crippen molar-refractivity contribution in [3.8, 4) is 0 Å². The zero-order valence-corrected chi connectivity index (χ0v) is 21.1. The van der Waals surface area contributed by atoms with Gasteiger partial charge in [-0.2, -0.15) is 0 Å². The lowest BCUT2D eigenvalue weighted by Gasteiger charge is -2.50. The molecule has 0 radical (unpaired) electrons. The minimum absolute atomic E-state index is 0.147. The van der Waals surface area contributed by atoms with Gasteiger partial charge < -0.3 is 30.7 Å². The summed E-state index contributed by atoms with van der Waals surface area (Å²) in [5.74, 6) is -1.44. The summed E-state index contributed by atoms with van der Waals surface area (Å²) < 4.78 is 3.95. The van der Waals surface area contributed by atoms with Crippen LogP contribution in [-0.2, 0) is 37.1 Å². The van der Waals surface area contributed by atoms with Crippen molar-refractivity contribution < 1.29 is 33.8 Å². The zero-order valence-electron chi connectivity index (χ0n) is 19.5. The highest BCUT2D eigenvalue weighted by Gasteiger charge is 2.53. The molecule has 14 nitrogen and oxygen atoms in total. The number of carboxylic acids is 1. The second-order valence-corrected chi connectivity index (χ2v) is 10.2. The maximum absolute atomic E-state index is 13.1. The number of carboxylic acid groups (broad SMARTS) is 1. The Morgan fingerprint density at radius 3 is 3.05 bits per heavy atom. The summed E-state index contributed by atoms with van der Waals surface area (Å²) in [6.45, 7) is 1.96. The first kappa shape index (κ1) is 24.8. The van der Waals surface area contributed by atoms with Gasteiger partial charge in [0.25, 0.3) is 11.8 Å². The van der Waals surface area contributed by atoms with Crippen LogP contribution in [0.3, 0.4) is 0 Å². The molecule has 2 aromatic heterocycles. The Morgan fingerprint density at radius 1 is 1.46 bits per heavy atom. The molecule has 194 valence electrons. The second kappa shape index (κ2) is 10.2. The maximum Gasteiger partial charge on any atom is 0.276 e. The molecule has 0 saturated carbocycles. The van der Waals surface area contributed by atoms with Gasteiger partial charge >= 0.3 is 0 Å². The summed E-state index contributed by atoms with van der Waals surface area (Å²) in [7, 11) is 1.26. The molecule has 3 aliphatic heterocycles. The van der Waals surface area contributed by atoms with Crippen LogP contribution in [-0.4, -0.2) is 75.3 Å². The van der Waals surface area contributed by atoms with Crippen molar-refractivity contribution in [1.29, 1.82) is 0 Å². The Bertz CT molecular complexity index is 1330. The summed E-state index contributed by atoms with van der Waals surface area (Å²) in [5.41, 5.74) is 0.341. The predicted molar refractivity (Wildman–Crippen MR) is 130 cm³/mol. The van der Waals surface area contributed by atoms with Gasteiger partial charge in [0.15, 0.2) is 29.4 Å². The first-order valence-corrected chi connectivity index (χ1v) is 13.1. The normalized spacial score (nSPS) is 20.8. The highest BCUT2D eigenvalue weighted by atomic mass is 32.2. The van der Waals surface area contributed by atoms with Gasteiger partial charge in [0.1, 0.15) is 24.2 Å². The first-order valence-electron chi connectivity index (χ1n) is 11.2. The minimum Gasteiger partial charge on any atom is -0.543 e. The lowest BCUT2D eigenvalue weighted by molar-refractivity contribution is -0.768. The summed E-state index contributed by atoms with van der Waals surface area (Å²) in [4.78, 5) is 58.8. The fraction of sp³-hybridized carbons (Fsp3) is 0.381. The standard InChI is InChI=1S/C21H22N8O6S2/c1-35-26-14(12-9-37-21(24-12)23-10-30)17(31)25-15-18(32)29-16(20(33)34)11(8-36-19(15)29)7-27-6-3-13-22-4-2-5-28(13)27/h3,6,9-10,15,19H,2,4-5,7-8H2,1H3,(H3,23,24,25,30,31,33,34)/t15-,19-/m1/s1. The number of fused-ring (bicyclic) bond motifs is 2. The van der Waals surface area contributed by atoms with Crippen LogP contribution in [0.5, 0.6) is 0 Å². The summed E-state index contributed by atoms with van der Waals surface area (Å²) >= 11 is 2.44. The molecule has 0 unspecified atom stereocenters. The second-order valence-electron chi connectivity index (χ2n) is 8.23. The van der Waals surface area contributed by atoms with Gasteiger partial charge in [-0.3, -0.25) is 19.3 Å². The molecule has 1 saturated heterocycles. The lowest BCUT2D eigenvalue weighted by Crippen LogP contribution is -2.71. The van der Waals surface area contributed by atoms with Crippen molar-refractivity contribution in [2.45, 2.75) is 30.9 Å². The maximum atomic E-state index is 13.1. The summed E-state index contributed by atoms with van der Waals surface area (Å²) in [5, 5.41) is 25.3. The van der Waals surface area contributed by atoms with E-state index in [9.17, 15) is 24.3 Å². The van der Waals surface area contributed by atoms with Crippen molar-refractivity contribution in [2.24, 2.45) is 5.16 Å². The molecule has 0 aliphatic carbocycles. The number of thioether (sulfide) groups is 1. The van der Waals surface area contributed by atoms with E-state index in [1.54, 1.807) is 0 Å². The van der Waals surface area contributed by atoms with Gasteiger partial charge in [-0.1, -0.05) is 5.16 Å². The van der Waals surface area contributed by atoms with Crippen LogP contribution >= 0.6 is 23.1 Å². The van der Waals surface area contributed by atoms with Crippen LogP contribution in [0.1, 0.15) is 12.1 Å². The summed E-state index contributed by atoms with van der Waals surface area (Å²) in [6, 6.07) is 0.955. The molecule has 2 atom stereocenters. The fourth-order valence-corrected chi connectivity index (χ4v) is 6.43. The Morgan fingerprint density at radius 2 is 2.30 bits per heavy atom. The topological polar surface area (TPSA) is 174 Å². The average molecular weight is 547 g/mol. The quantitative estimate of drug-likeness (QED) is 0.106. The lowest BCUT2D eigenvalue weighted by atomic mass is 10.0. The number of hydrogen-bond donors (Lipinski definition) is 3. The third-order valence-corrected chi connectivity index (χ3v) is 8.17. The number of β-lactam (4-membered cyclic amide) rings is 1. The van der Waals surface area contributed by atoms with Gasteiger partial charge in [0, 0.05) is 23.3 Å². The highest BCUT2D eigenvalue weighted by Crippen LogP contribution is 2.40. The number of anilines is 2. The number of nitrogens with zero attached hydrogens (tertiary/aromatic N) is 5. The molecule has 5 rings (SSSR count). The van der Waals surface area contributed by atoms with Crippen molar-refractivity contribution in [3.05, 3.63) is 34.6 Å². The number of amides is 3. The molecule has 2 aromatic rings. The smallest absolute Gasteiger partial charge is 0.276 e. The number of carbonyl (C=O) groups is 4. The largest absolute Gasteiger partial charge is 0.543 e. The number of hydrogen-bond acceptors (Lipinski definition) is 11. The number of aliphatic carboxylic acids is 1. The number of oxime groups is 1. The van der Waals surface area contributed by atoms with Crippen LogP contribution < -0.4 is 25.7 Å². The third-order valence-electron chi connectivity index (χ3n) is 6.05. The molecule has 3 aliphatic rings. The Kier molecular flexibility index (Phi) is 6.84. The van der Waals surface area contributed by atoms with Crippen molar-refractivity contribution in [2.75, 3.05) is 30.0 Å². The van der Waals surface area contributed by atoms with Crippen molar-refractivity contribution >= 4 is 64.0 Å². The van der Waals surface area contributed by atoms with E-state index < -0.39 is 29.2 Å². The monoisotopic (exact) mass is 546 g/mol. The van der Waals surface area contributed by atoms with Gasteiger partial charge in [-0.05, 0) is 6.42 Å². The van der Waals surface area contributed by atoms with Crippen LogP contribution in [0.4, 0.5) is 10.9 Å². The van der Waals surface area contributed by atoms with Gasteiger partial charge in [0.05, 0.1) is 24.3 Å². The minimum atomic E-state index is -1.44. The molecule has 3 N–H and O–H groups in total. The highest BCUT2D eigenvalue weighted by molar-refractivity contribution is 8.00. The van der Waals surface area contributed by atoms with Crippen LogP contribution in [0.15, 0.2) is 34.1 Å². The van der Waals surface area contributed by atoms with Crippen LogP contribution in [0.2, 0.25) is 0 Å². The van der Waals surface area contributed by atoms with E-state index in [1.807, 2.05) is 21.6 Å². The molecule has 3 amide bonds. The van der Waals surface area contributed by atoms with E-state index in [-0.39, 0.29) is 28.8 Å². The predicted octanol–water partition coefficient (Wildman–Crippen LogP) is -1.93. The molecular weight excluding hydrogens is 524 g/mol. The molecule has 0 spiro atoms. The zero-order chi connectivity index (χ0) is 26.1. The van der Waals surface area contributed by atoms with E-state index in [4.69, 9.17) is 4.84 Å². The Labute approximate surface area is 218 Å². The van der Waals surface area contributed by atoms with Crippen molar-refractivity contribution in [1.82, 2.24) is 19.9 Å². The van der Waals surface area contributed by atoms with E-state index in [2.05, 4.69) is 26.1 Å². The van der Waals surface area contributed by atoms with Crippen LogP contribution in [0, 0.1) is 0 Å². The van der Waals surface area contributed by atoms with E-state index in [1.165, 1.54) is 29.2 Å². The van der Waals surface area contributed by atoms with E-state index in [0.717, 1.165) is 36.7 Å². The van der Waals surface area contributed by atoms with Gasteiger partial charge in [0.2, 0.25) is 6.41 Å². The molecule has 16 heteroatoms. The van der Waals surface area contributed by atoms with Gasteiger partial charge in [-0.25, -0.2) is 4.98 Å². The van der Waals surface area contributed by atoms with Crippen molar-refractivity contribution in [3.63, 3.8) is 0 Å². The van der Waals surface area contributed by atoms with Crippen LogP contribution in [0.25, 0.3) is 0 Å². The van der Waals surface area contributed by atoms with Gasteiger partial charge in [-0.15, -0.1) is 32.5 Å². The summed E-state index contributed by atoms with van der Waals surface area (Å²) in [6.07, 6.45) is 3.27. The number of rotatable bonds is 9. The molecule has 0 bridgehead atoms. The molecule has 37 heavy (non-hydrogen) atoms. The Hall–Kier alpha value is -3.92.